The van der Waals surface area contributed by atoms with Gasteiger partial charge < -0.3 is 9.05 Å². The zero-order chi connectivity index (χ0) is 16.9. The summed E-state index contributed by atoms with van der Waals surface area (Å²) in [6.45, 7) is -0.308. The number of halogens is 2. The Morgan fingerprint density at radius 2 is 1.48 bits per heavy atom. The molecule has 0 saturated carbocycles. The van der Waals surface area contributed by atoms with E-state index >= 15 is 0 Å². The van der Waals surface area contributed by atoms with E-state index in [2.05, 4.69) is 0 Å². The van der Waals surface area contributed by atoms with Gasteiger partial charge in [-0.2, -0.15) is 8.78 Å². The summed E-state index contributed by atoms with van der Waals surface area (Å²) in [5.74, 6) is 0. The third-order valence-corrected chi connectivity index (χ3v) is 6.72. The van der Waals surface area contributed by atoms with Crippen molar-refractivity contribution in [3.05, 3.63) is 60.2 Å². The Morgan fingerprint density at radius 1 is 0.913 bits per heavy atom. The van der Waals surface area contributed by atoms with Crippen LogP contribution in [0.25, 0.3) is 11.1 Å². The summed E-state index contributed by atoms with van der Waals surface area (Å²) in [7, 11) is 0. The maximum Gasteiger partial charge on any atom is 0.345 e. The highest BCUT2D eigenvalue weighted by molar-refractivity contribution is 8.10. The lowest BCUT2D eigenvalue weighted by molar-refractivity contribution is 0.0555. The number of benzene rings is 2. The molecule has 0 aliphatic carbocycles. The molecule has 23 heavy (non-hydrogen) atoms. The van der Waals surface area contributed by atoms with E-state index in [9.17, 15) is 8.78 Å². The zero-order valence-electron chi connectivity index (χ0n) is 13.0. The Balaban J connectivity index is 2.45. The number of hydrogen-bond acceptors (Lipinski definition) is 3. The van der Waals surface area contributed by atoms with Crippen LogP contribution in [0.15, 0.2) is 54.6 Å². The first-order valence-corrected chi connectivity index (χ1v) is 10.0. The molecule has 0 spiro atoms. The molecule has 0 atom stereocenters. The van der Waals surface area contributed by atoms with Crippen LogP contribution in [-0.2, 0) is 26.5 Å². The number of alkyl halides is 2. The molecule has 124 valence electrons. The van der Waals surface area contributed by atoms with Crippen LogP contribution >= 0.6 is 6.49 Å². The minimum atomic E-state index is -3.76. The summed E-state index contributed by atoms with van der Waals surface area (Å²) >= 11 is 5.09. The minimum Gasteiger partial charge on any atom is -0.325 e. The Kier molecular flexibility index (Phi) is 6.04. The highest BCUT2D eigenvalue weighted by Gasteiger charge is 2.50. The highest BCUT2D eigenvalue weighted by atomic mass is 32.5. The summed E-state index contributed by atoms with van der Waals surface area (Å²) in [6, 6.07) is 15.6. The first-order valence-electron chi connectivity index (χ1n) is 7.37. The fourth-order valence-corrected chi connectivity index (χ4v) is 4.70. The van der Waals surface area contributed by atoms with Crippen LogP contribution in [0.4, 0.5) is 8.78 Å². The molecule has 6 heteroatoms. The van der Waals surface area contributed by atoms with E-state index in [0.29, 0.717) is 5.56 Å². The van der Waals surface area contributed by atoms with Gasteiger partial charge in [-0.25, -0.2) is 0 Å². The third-order valence-electron chi connectivity index (χ3n) is 3.26. The summed E-state index contributed by atoms with van der Waals surface area (Å²) in [5, 5.41) is 0. The van der Waals surface area contributed by atoms with Crippen molar-refractivity contribution in [1.29, 1.82) is 0 Å². The van der Waals surface area contributed by atoms with Gasteiger partial charge in [0.1, 0.15) is 0 Å². The summed E-state index contributed by atoms with van der Waals surface area (Å²) < 4.78 is 40.3. The molecule has 0 saturated heterocycles. The monoisotopic (exact) mass is 356 g/mol. The molecule has 0 bridgehead atoms. The van der Waals surface area contributed by atoms with E-state index in [-0.39, 0.29) is 18.8 Å². The molecule has 0 unspecified atom stereocenters. The summed E-state index contributed by atoms with van der Waals surface area (Å²) in [5.41, 5.74) is -1.95. The smallest absolute Gasteiger partial charge is 0.325 e. The van der Waals surface area contributed by atoms with E-state index in [1.165, 1.54) is 12.1 Å². The van der Waals surface area contributed by atoms with Crippen LogP contribution in [0.1, 0.15) is 19.4 Å². The van der Waals surface area contributed by atoms with Crippen molar-refractivity contribution in [3.8, 4) is 11.1 Å². The molecule has 0 aliphatic rings. The van der Waals surface area contributed by atoms with Crippen LogP contribution in [0.3, 0.4) is 0 Å². The number of rotatable bonds is 7. The second-order valence-electron chi connectivity index (χ2n) is 4.82. The normalized spacial score (nSPS) is 12.3. The van der Waals surface area contributed by atoms with Crippen molar-refractivity contribution in [2.75, 3.05) is 13.2 Å². The van der Waals surface area contributed by atoms with Crippen LogP contribution < -0.4 is 0 Å². The lowest BCUT2D eigenvalue weighted by Crippen LogP contribution is -2.18. The number of hydrogen-bond donors (Lipinski definition) is 0. The van der Waals surface area contributed by atoms with Crippen LogP contribution in [0, 0.1) is 0 Å². The molecular weight excluding hydrogens is 337 g/mol. The van der Waals surface area contributed by atoms with Gasteiger partial charge in [0.25, 0.3) is 6.49 Å². The molecule has 2 nitrogen and oxygen atoms in total. The molecule has 0 amide bonds. The summed E-state index contributed by atoms with van der Waals surface area (Å²) in [6.07, 6.45) is 0. The van der Waals surface area contributed by atoms with Crippen LogP contribution in [0.2, 0.25) is 0 Å². The zero-order valence-corrected chi connectivity index (χ0v) is 14.7. The Morgan fingerprint density at radius 3 is 2.04 bits per heavy atom. The first-order chi connectivity index (χ1) is 10.9. The van der Waals surface area contributed by atoms with E-state index in [4.69, 9.17) is 20.9 Å². The molecular formula is C17H19F2O2PS. The van der Waals surface area contributed by atoms with Gasteiger partial charge in [0.15, 0.2) is 0 Å². The molecule has 2 aromatic rings. The van der Waals surface area contributed by atoms with Gasteiger partial charge in [-0.05, 0) is 42.8 Å². The van der Waals surface area contributed by atoms with Crippen molar-refractivity contribution >= 4 is 18.3 Å². The molecule has 0 aliphatic heterocycles. The molecule has 0 fully saturated rings. The minimum absolute atomic E-state index is 0.0885. The van der Waals surface area contributed by atoms with Crippen LogP contribution in [0.5, 0.6) is 0 Å². The van der Waals surface area contributed by atoms with E-state index in [1.807, 2.05) is 30.3 Å². The average Bonchev–Trinajstić information content (AvgIpc) is 2.56. The van der Waals surface area contributed by atoms with Crippen molar-refractivity contribution in [2.24, 2.45) is 0 Å². The molecule has 0 radical (unpaired) electrons. The van der Waals surface area contributed by atoms with Gasteiger partial charge in [-0.1, -0.05) is 48.5 Å². The van der Waals surface area contributed by atoms with E-state index in [0.717, 1.165) is 5.56 Å². The topological polar surface area (TPSA) is 18.5 Å². The van der Waals surface area contributed by atoms with Crippen molar-refractivity contribution < 1.29 is 17.8 Å². The average molecular weight is 356 g/mol. The predicted molar refractivity (Wildman–Crippen MR) is 93.3 cm³/mol. The van der Waals surface area contributed by atoms with Crippen molar-refractivity contribution in [1.82, 2.24) is 0 Å². The van der Waals surface area contributed by atoms with Gasteiger partial charge in [-0.3, -0.25) is 0 Å². The second-order valence-corrected chi connectivity index (χ2v) is 8.34. The van der Waals surface area contributed by atoms with Gasteiger partial charge >= 0.3 is 5.66 Å². The van der Waals surface area contributed by atoms with E-state index in [1.54, 1.807) is 26.0 Å². The SMILES string of the molecule is CCOP(=S)(OCC)C(F)(F)c1cccc(-c2ccccc2)c1. The van der Waals surface area contributed by atoms with Gasteiger partial charge in [0.05, 0.1) is 13.2 Å². The molecule has 0 heterocycles. The van der Waals surface area contributed by atoms with Gasteiger partial charge in [0, 0.05) is 5.56 Å². The van der Waals surface area contributed by atoms with Gasteiger partial charge in [0.2, 0.25) is 0 Å². The Bertz CT molecular complexity index is 682. The first kappa shape index (κ1) is 18.2. The van der Waals surface area contributed by atoms with Crippen molar-refractivity contribution in [3.63, 3.8) is 0 Å². The van der Waals surface area contributed by atoms with E-state index < -0.39 is 12.2 Å². The van der Waals surface area contributed by atoms with Crippen molar-refractivity contribution in [2.45, 2.75) is 19.5 Å². The largest absolute Gasteiger partial charge is 0.345 e. The summed E-state index contributed by atoms with van der Waals surface area (Å²) in [4.78, 5) is 0. The Labute approximate surface area is 140 Å². The Hall–Kier alpha value is -1.13. The fraction of sp³-hybridized carbons (Fsp3) is 0.294. The predicted octanol–water partition coefficient (Wildman–Crippen LogP) is 5.79. The maximum absolute atomic E-state index is 15.0. The quantitative estimate of drug-likeness (QED) is 0.586. The standard InChI is InChI=1S/C17H19F2O2PS/c1-3-20-22(23,21-4-2)17(18,19)16-12-8-11-15(13-16)14-9-6-5-7-10-14/h5-13H,3-4H2,1-2H3. The molecule has 0 N–H and O–H groups in total. The van der Waals surface area contributed by atoms with Gasteiger partial charge in [-0.15, -0.1) is 0 Å². The second kappa shape index (κ2) is 7.63. The lowest BCUT2D eigenvalue weighted by Gasteiger charge is -2.29. The molecule has 2 rings (SSSR count). The highest BCUT2D eigenvalue weighted by Crippen LogP contribution is 2.67. The lowest BCUT2D eigenvalue weighted by atomic mass is 10.0. The van der Waals surface area contributed by atoms with Crippen LogP contribution in [-0.4, -0.2) is 13.2 Å². The fourth-order valence-electron chi connectivity index (χ4n) is 2.21. The molecule has 2 aromatic carbocycles. The maximum atomic E-state index is 15.0. The third kappa shape index (κ3) is 3.86. The molecule has 0 aromatic heterocycles.